The standard InChI is InChI=1S/C36H51N5O9/c1-5-6-20-49-35(48)41(30(34(46)47)22-25-12-8-7-9-13-25)31(43)23-39-33(45)29(14-10-11-19-38-24-42)40-32(44)28(37)21-26-15-17-27(18-16-26)50-36(2,3)4/h7-9,12-13,15-18,24,28-30H,5-6,10-11,14,19-23,37H2,1-4H3,(H,38,42)(H,39,45)(H,40,44)(H,46,47)/t28-,29-,30-/m0/s1. The van der Waals surface area contributed by atoms with Crippen molar-refractivity contribution in [3.05, 3.63) is 65.7 Å². The zero-order chi connectivity index (χ0) is 37.1. The van der Waals surface area contributed by atoms with Crippen LogP contribution in [0.3, 0.4) is 0 Å². The van der Waals surface area contributed by atoms with Crippen molar-refractivity contribution in [3.63, 3.8) is 0 Å². The number of nitrogens with zero attached hydrogens (tertiary/aromatic N) is 1. The Hall–Kier alpha value is -4.98. The molecule has 0 saturated heterocycles. The molecule has 0 spiro atoms. The normalized spacial score (nSPS) is 12.8. The summed E-state index contributed by atoms with van der Waals surface area (Å²) in [7, 11) is 0. The molecular formula is C36H51N5O9. The van der Waals surface area contributed by atoms with Crippen LogP contribution in [0.15, 0.2) is 54.6 Å². The summed E-state index contributed by atoms with van der Waals surface area (Å²) in [5.41, 5.74) is 7.18. The molecule has 0 saturated carbocycles. The number of carboxylic acids is 1. The van der Waals surface area contributed by atoms with E-state index in [0.29, 0.717) is 54.9 Å². The summed E-state index contributed by atoms with van der Waals surface area (Å²) in [4.78, 5) is 76.5. The summed E-state index contributed by atoms with van der Waals surface area (Å²) in [5.74, 6) is -3.11. The number of carbonyl (C=O) groups is 6. The summed E-state index contributed by atoms with van der Waals surface area (Å²) in [6, 6.07) is 11.9. The second-order valence-corrected chi connectivity index (χ2v) is 12.8. The summed E-state index contributed by atoms with van der Waals surface area (Å²) in [5, 5.41) is 17.7. The number of nitrogens with two attached hydrogens (primary N) is 1. The lowest BCUT2D eigenvalue weighted by Gasteiger charge is -2.27. The fraction of sp³-hybridized carbons (Fsp3) is 0.500. The van der Waals surface area contributed by atoms with Gasteiger partial charge in [0.2, 0.25) is 18.2 Å². The van der Waals surface area contributed by atoms with Gasteiger partial charge in [-0.05, 0) is 76.1 Å². The summed E-state index contributed by atoms with van der Waals surface area (Å²) in [6.07, 6.45) is 1.67. The maximum atomic E-state index is 13.4. The average Bonchev–Trinajstić information content (AvgIpc) is 3.06. The largest absolute Gasteiger partial charge is 0.488 e. The topological polar surface area (TPSA) is 206 Å². The summed E-state index contributed by atoms with van der Waals surface area (Å²) >= 11 is 0. The van der Waals surface area contributed by atoms with Crippen LogP contribution < -0.4 is 26.4 Å². The Morgan fingerprint density at radius 3 is 2.18 bits per heavy atom. The van der Waals surface area contributed by atoms with Crippen LogP contribution in [-0.2, 0) is 41.6 Å². The third kappa shape index (κ3) is 15.1. The van der Waals surface area contributed by atoms with Crippen molar-refractivity contribution >= 4 is 36.2 Å². The predicted octanol–water partition coefficient (Wildman–Crippen LogP) is 2.71. The number of imide groups is 1. The van der Waals surface area contributed by atoms with E-state index in [2.05, 4.69) is 16.0 Å². The fourth-order valence-corrected chi connectivity index (χ4v) is 4.85. The second kappa shape index (κ2) is 21.2. The van der Waals surface area contributed by atoms with Gasteiger partial charge >= 0.3 is 12.1 Å². The summed E-state index contributed by atoms with van der Waals surface area (Å²) < 4.78 is 11.0. The molecule has 0 aliphatic rings. The molecule has 0 fully saturated rings. The zero-order valence-corrected chi connectivity index (χ0v) is 29.3. The van der Waals surface area contributed by atoms with E-state index in [0.717, 1.165) is 5.56 Å². The molecule has 14 heteroatoms. The number of aliphatic carboxylic acids is 1. The molecule has 2 aromatic carbocycles. The minimum Gasteiger partial charge on any atom is -0.488 e. The second-order valence-electron chi connectivity index (χ2n) is 12.8. The van der Waals surface area contributed by atoms with Gasteiger partial charge in [0, 0.05) is 13.0 Å². The van der Waals surface area contributed by atoms with Gasteiger partial charge < -0.3 is 36.3 Å². The Kier molecular flexibility index (Phi) is 17.4. The number of nitrogens with one attached hydrogen (secondary N) is 3. The van der Waals surface area contributed by atoms with Gasteiger partial charge in [-0.25, -0.2) is 14.5 Å². The predicted molar refractivity (Wildman–Crippen MR) is 186 cm³/mol. The highest BCUT2D eigenvalue weighted by atomic mass is 16.6. The number of unbranched alkanes of at least 4 members (excludes halogenated alkanes) is 2. The first-order valence-electron chi connectivity index (χ1n) is 16.8. The van der Waals surface area contributed by atoms with Crippen LogP contribution in [-0.4, -0.2) is 89.6 Å². The van der Waals surface area contributed by atoms with Crippen molar-refractivity contribution in [3.8, 4) is 5.75 Å². The number of carbonyl (C=O) groups excluding carboxylic acids is 5. The molecule has 0 unspecified atom stereocenters. The first kappa shape index (κ1) is 41.2. The number of ether oxygens (including phenoxy) is 2. The van der Waals surface area contributed by atoms with Gasteiger partial charge in [0.1, 0.15) is 23.4 Å². The number of hydrogen-bond acceptors (Lipinski definition) is 9. The number of rotatable bonds is 21. The number of hydrogen-bond donors (Lipinski definition) is 5. The molecule has 0 bridgehead atoms. The Labute approximate surface area is 293 Å². The maximum Gasteiger partial charge on any atom is 0.417 e. The molecule has 0 aliphatic heterocycles. The maximum absolute atomic E-state index is 13.4. The first-order valence-corrected chi connectivity index (χ1v) is 16.8. The van der Waals surface area contributed by atoms with E-state index in [9.17, 15) is 33.9 Å². The van der Waals surface area contributed by atoms with Crippen LogP contribution in [0.1, 0.15) is 70.9 Å². The smallest absolute Gasteiger partial charge is 0.417 e. The van der Waals surface area contributed by atoms with Gasteiger partial charge in [-0.1, -0.05) is 55.8 Å². The molecule has 0 heterocycles. The van der Waals surface area contributed by atoms with Crippen LogP contribution in [0, 0.1) is 0 Å². The van der Waals surface area contributed by atoms with E-state index in [-0.39, 0.29) is 31.5 Å². The minimum atomic E-state index is -1.61. The van der Waals surface area contributed by atoms with Gasteiger partial charge in [-0.2, -0.15) is 0 Å². The monoisotopic (exact) mass is 697 g/mol. The molecule has 50 heavy (non-hydrogen) atoms. The minimum absolute atomic E-state index is 0.0225. The van der Waals surface area contributed by atoms with Crippen LogP contribution in [0.5, 0.6) is 5.75 Å². The van der Waals surface area contributed by atoms with Crippen molar-refractivity contribution in [2.24, 2.45) is 5.73 Å². The molecule has 14 nitrogen and oxygen atoms in total. The quantitative estimate of drug-likeness (QED) is 0.0952. The third-order valence-corrected chi connectivity index (χ3v) is 7.39. The Balaban J connectivity index is 2.17. The van der Waals surface area contributed by atoms with E-state index in [1.807, 2.05) is 27.7 Å². The molecule has 0 aromatic heterocycles. The van der Waals surface area contributed by atoms with Gasteiger partial charge in [-0.15, -0.1) is 0 Å². The molecule has 274 valence electrons. The zero-order valence-electron chi connectivity index (χ0n) is 29.3. The lowest BCUT2D eigenvalue weighted by Crippen LogP contribution is -2.56. The van der Waals surface area contributed by atoms with Crippen LogP contribution >= 0.6 is 0 Å². The van der Waals surface area contributed by atoms with Gasteiger partial charge in [-0.3, -0.25) is 19.2 Å². The van der Waals surface area contributed by atoms with E-state index in [4.69, 9.17) is 15.2 Å². The third-order valence-electron chi connectivity index (χ3n) is 7.39. The highest BCUT2D eigenvalue weighted by molar-refractivity contribution is 5.99. The SMILES string of the molecule is CCCCOC(=O)N(C(=O)CNC(=O)[C@H](CCCCNC=O)NC(=O)[C@@H](N)Cc1ccc(OC(C)(C)C)cc1)[C@@H](Cc1ccccc1)C(=O)O. The molecule has 0 radical (unpaired) electrons. The van der Waals surface area contributed by atoms with Crippen LogP contribution in [0.2, 0.25) is 0 Å². The van der Waals surface area contributed by atoms with E-state index < -0.39 is 54.5 Å². The number of benzene rings is 2. The highest BCUT2D eigenvalue weighted by Crippen LogP contribution is 2.19. The van der Waals surface area contributed by atoms with Crippen molar-refractivity contribution in [1.82, 2.24) is 20.9 Å². The van der Waals surface area contributed by atoms with Crippen molar-refractivity contribution in [2.45, 2.75) is 96.4 Å². The molecule has 6 N–H and O–H groups in total. The lowest BCUT2D eigenvalue weighted by atomic mass is 10.0. The molecule has 5 amide bonds. The molecule has 0 aliphatic carbocycles. The van der Waals surface area contributed by atoms with E-state index in [1.54, 1.807) is 54.6 Å². The Morgan fingerprint density at radius 2 is 1.58 bits per heavy atom. The lowest BCUT2D eigenvalue weighted by molar-refractivity contribution is -0.148. The first-order chi connectivity index (χ1) is 23.7. The van der Waals surface area contributed by atoms with Crippen molar-refractivity contribution < 1.29 is 43.3 Å². The highest BCUT2D eigenvalue weighted by Gasteiger charge is 2.36. The van der Waals surface area contributed by atoms with Crippen molar-refractivity contribution in [2.75, 3.05) is 19.7 Å². The summed E-state index contributed by atoms with van der Waals surface area (Å²) in [6.45, 7) is 7.26. The molecule has 2 rings (SSSR count). The number of carboxylic acid groups (broad SMARTS) is 1. The van der Waals surface area contributed by atoms with Gasteiger partial charge in [0.05, 0.1) is 19.2 Å². The van der Waals surface area contributed by atoms with Crippen LogP contribution in [0.25, 0.3) is 0 Å². The van der Waals surface area contributed by atoms with E-state index in [1.165, 1.54) is 0 Å². The Bertz CT molecular complexity index is 1400. The van der Waals surface area contributed by atoms with Gasteiger partial charge in [0.25, 0.3) is 5.91 Å². The number of amides is 5. The van der Waals surface area contributed by atoms with E-state index >= 15 is 0 Å². The fourth-order valence-electron chi connectivity index (χ4n) is 4.85. The van der Waals surface area contributed by atoms with Gasteiger partial charge in [0.15, 0.2) is 0 Å². The average molecular weight is 698 g/mol. The van der Waals surface area contributed by atoms with Crippen molar-refractivity contribution in [1.29, 1.82) is 0 Å². The Morgan fingerprint density at radius 1 is 0.920 bits per heavy atom. The molecule has 3 atom stereocenters. The molecule has 2 aromatic rings. The molecular weight excluding hydrogens is 646 g/mol. The van der Waals surface area contributed by atoms with Crippen LogP contribution in [0.4, 0.5) is 4.79 Å².